The summed E-state index contributed by atoms with van der Waals surface area (Å²) in [6.07, 6.45) is 1.81. The summed E-state index contributed by atoms with van der Waals surface area (Å²) in [5, 5.41) is 1.07. The van der Waals surface area contributed by atoms with Gasteiger partial charge in [-0.15, -0.1) is 0 Å². The Balaban J connectivity index is 1.54. The Kier molecular flexibility index (Phi) is 4.00. The third-order valence-electron chi connectivity index (χ3n) is 5.79. The standard InChI is InChI=1S/C28H20N2O/c1-19-10-12-20(13-11-19)21-14-16-22(17-15-21)30-26-8-4-3-7-25(26)29-28(30)24-18-31-27-9-5-2-6-23(24)27/h2-18H,1H3. The van der Waals surface area contributed by atoms with Crippen molar-refractivity contribution in [1.29, 1.82) is 0 Å². The Morgan fingerprint density at radius 1 is 0.710 bits per heavy atom. The molecule has 0 N–H and O–H groups in total. The van der Waals surface area contributed by atoms with Gasteiger partial charge in [0.2, 0.25) is 0 Å². The van der Waals surface area contributed by atoms with Gasteiger partial charge in [0.05, 0.1) is 16.6 Å². The van der Waals surface area contributed by atoms with E-state index in [1.165, 1.54) is 16.7 Å². The molecule has 0 amide bonds. The summed E-state index contributed by atoms with van der Waals surface area (Å²) in [7, 11) is 0. The minimum atomic E-state index is 0.867. The van der Waals surface area contributed by atoms with Crippen LogP contribution < -0.4 is 0 Å². The van der Waals surface area contributed by atoms with Gasteiger partial charge in [0.1, 0.15) is 17.7 Å². The molecule has 3 nitrogen and oxygen atoms in total. The molecule has 148 valence electrons. The number of fused-ring (bicyclic) bond motifs is 2. The fourth-order valence-corrected chi connectivity index (χ4v) is 4.17. The monoisotopic (exact) mass is 400 g/mol. The minimum absolute atomic E-state index is 0.867. The highest BCUT2D eigenvalue weighted by molar-refractivity contribution is 5.95. The molecule has 0 aliphatic rings. The topological polar surface area (TPSA) is 31.0 Å². The number of hydrogen-bond acceptors (Lipinski definition) is 2. The number of para-hydroxylation sites is 3. The molecule has 0 aliphatic heterocycles. The van der Waals surface area contributed by atoms with E-state index in [1.54, 1.807) is 0 Å². The Morgan fingerprint density at radius 2 is 1.39 bits per heavy atom. The highest BCUT2D eigenvalue weighted by Gasteiger charge is 2.18. The van der Waals surface area contributed by atoms with E-state index in [0.29, 0.717) is 0 Å². The zero-order valence-corrected chi connectivity index (χ0v) is 17.1. The number of benzene rings is 4. The lowest BCUT2D eigenvalue weighted by molar-refractivity contribution is 0.616. The molecule has 31 heavy (non-hydrogen) atoms. The number of aromatic nitrogens is 2. The number of rotatable bonds is 3. The minimum Gasteiger partial charge on any atom is -0.464 e. The lowest BCUT2D eigenvalue weighted by atomic mass is 10.0. The molecule has 0 saturated carbocycles. The third-order valence-corrected chi connectivity index (χ3v) is 5.79. The second-order valence-electron chi connectivity index (χ2n) is 7.82. The van der Waals surface area contributed by atoms with Gasteiger partial charge in [-0.3, -0.25) is 4.57 Å². The van der Waals surface area contributed by atoms with E-state index < -0.39 is 0 Å². The Hall–Kier alpha value is -4.11. The molecule has 0 aliphatic carbocycles. The lowest BCUT2D eigenvalue weighted by Crippen LogP contribution is -1.97. The van der Waals surface area contributed by atoms with Crippen molar-refractivity contribution in [3.63, 3.8) is 0 Å². The zero-order valence-electron chi connectivity index (χ0n) is 17.1. The Labute approximate surface area is 180 Å². The van der Waals surface area contributed by atoms with Gasteiger partial charge in [-0.05, 0) is 48.4 Å². The van der Waals surface area contributed by atoms with Crippen molar-refractivity contribution in [1.82, 2.24) is 9.55 Å². The van der Waals surface area contributed by atoms with E-state index in [0.717, 1.165) is 39.1 Å². The molecule has 3 heteroatoms. The first-order valence-corrected chi connectivity index (χ1v) is 10.4. The van der Waals surface area contributed by atoms with Crippen LogP contribution in [0.3, 0.4) is 0 Å². The molecule has 4 aromatic carbocycles. The van der Waals surface area contributed by atoms with Gasteiger partial charge in [-0.2, -0.15) is 0 Å². The molecule has 0 unspecified atom stereocenters. The summed E-state index contributed by atoms with van der Waals surface area (Å²) >= 11 is 0. The molecule has 2 heterocycles. The van der Waals surface area contributed by atoms with E-state index in [9.17, 15) is 0 Å². The molecule has 0 radical (unpaired) electrons. The van der Waals surface area contributed by atoms with Gasteiger partial charge in [0.15, 0.2) is 0 Å². The van der Waals surface area contributed by atoms with Crippen LogP contribution in [0.15, 0.2) is 108 Å². The molecular formula is C28H20N2O. The summed E-state index contributed by atoms with van der Waals surface area (Å²) < 4.78 is 8.04. The van der Waals surface area contributed by atoms with Crippen LogP contribution in [0.25, 0.3) is 50.2 Å². The van der Waals surface area contributed by atoms with Crippen LogP contribution in [-0.2, 0) is 0 Å². The first-order valence-electron chi connectivity index (χ1n) is 10.4. The zero-order chi connectivity index (χ0) is 20.8. The van der Waals surface area contributed by atoms with Gasteiger partial charge in [0.25, 0.3) is 0 Å². The molecule has 0 spiro atoms. The average Bonchev–Trinajstić information content (AvgIpc) is 3.41. The molecule has 6 aromatic rings. The molecule has 2 aromatic heterocycles. The fraction of sp³-hybridized carbons (Fsp3) is 0.0357. The van der Waals surface area contributed by atoms with E-state index >= 15 is 0 Å². The van der Waals surface area contributed by atoms with E-state index in [2.05, 4.69) is 84.3 Å². The fourth-order valence-electron chi connectivity index (χ4n) is 4.17. The predicted octanol–water partition coefficient (Wildman–Crippen LogP) is 7.41. The number of aryl methyl sites for hydroxylation is 1. The van der Waals surface area contributed by atoms with Gasteiger partial charge in [-0.1, -0.05) is 72.3 Å². The normalized spacial score (nSPS) is 11.4. The maximum Gasteiger partial charge on any atom is 0.149 e. The summed E-state index contributed by atoms with van der Waals surface area (Å²) in [5.41, 5.74) is 8.65. The van der Waals surface area contributed by atoms with Gasteiger partial charge < -0.3 is 4.42 Å². The quantitative estimate of drug-likeness (QED) is 0.309. The number of hydrogen-bond donors (Lipinski definition) is 0. The van der Waals surface area contributed by atoms with E-state index in [4.69, 9.17) is 9.40 Å². The molecule has 6 rings (SSSR count). The first-order chi connectivity index (χ1) is 15.3. The SMILES string of the molecule is Cc1ccc(-c2ccc(-n3c(-c4coc5ccccc45)nc4ccccc43)cc2)cc1. The molecule has 0 saturated heterocycles. The Morgan fingerprint density at radius 3 is 2.19 bits per heavy atom. The molecular weight excluding hydrogens is 380 g/mol. The number of furan rings is 1. The molecule has 0 fully saturated rings. The van der Waals surface area contributed by atoms with Crippen molar-refractivity contribution in [2.75, 3.05) is 0 Å². The van der Waals surface area contributed by atoms with Crippen molar-refractivity contribution >= 4 is 22.0 Å². The van der Waals surface area contributed by atoms with E-state index in [1.807, 2.05) is 30.5 Å². The van der Waals surface area contributed by atoms with Crippen LogP contribution in [0.4, 0.5) is 0 Å². The summed E-state index contributed by atoms with van der Waals surface area (Å²) in [6.45, 7) is 2.11. The van der Waals surface area contributed by atoms with Crippen LogP contribution in [0.1, 0.15) is 5.56 Å². The summed E-state index contributed by atoms with van der Waals surface area (Å²) in [5.74, 6) is 0.884. The summed E-state index contributed by atoms with van der Waals surface area (Å²) in [4.78, 5) is 4.97. The highest BCUT2D eigenvalue weighted by atomic mass is 16.3. The second-order valence-corrected chi connectivity index (χ2v) is 7.82. The van der Waals surface area contributed by atoms with E-state index in [-0.39, 0.29) is 0 Å². The second kappa shape index (κ2) is 6.99. The van der Waals surface area contributed by atoms with Crippen molar-refractivity contribution in [2.45, 2.75) is 6.92 Å². The van der Waals surface area contributed by atoms with Gasteiger partial charge in [0, 0.05) is 11.1 Å². The third kappa shape index (κ3) is 2.94. The van der Waals surface area contributed by atoms with Crippen LogP contribution in [0.2, 0.25) is 0 Å². The van der Waals surface area contributed by atoms with Crippen molar-refractivity contribution < 1.29 is 4.42 Å². The maximum absolute atomic E-state index is 5.82. The van der Waals surface area contributed by atoms with Crippen molar-refractivity contribution in [2.24, 2.45) is 0 Å². The van der Waals surface area contributed by atoms with Crippen molar-refractivity contribution in [3.05, 3.63) is 109 Å². The smallest absolute Gasteiger partial charge is 0.149 e. The van der Waals surface area contributed by atoms with Crippen LogP contribution >= 0.6 is 0 Å². The maximum atomic E-state index is 5.82. The lowest BCUT2D eigenvalue weighted by Gasteiger charge is -2.10. The molecule has 0 bridgehead atoms. The van der Waals surface area contributed by atoms with Crippen LogP contribution in [-0.4, -0.2) is 9.55 Å². The van der Waals surface area contributed by atoms with Gasteiger partial charge >= 0.3 is 0 Å². The average molecular weight is 400 g/mol. The molecule has 0 atom stereocenters. The Bertz CT molecular complexity index is 1520. The van der Waals surface area contributed by atoms with Crippen LogP contribution in [0.5, 0.6) is 0 Å². The van der Waals surface area contributed by atoms with Gasteiger partial charge in [-0.25, -0.2) is 4.98 Å². The largest absolute Gasteiger partial charge is 0.464 e. The van der Waals surface area contributed by atoms with Crippen LogP contribution in [0, 0.1) is 6.92 Å². The van der Waals surface area contributed by atoms with Crippen molar-refractivity contribution in [3.8, 4) is 28.2 Å². The predicted molar refractivity (Wildman–Crippen MR) is 126 cm³/mol. The summed E-state index contributed by atoms with van der Waals surface area (Å²) in [6, 6.07) is 33.6. The first kappa shape index (κ1) is 17.7. The highest BCUT2D eigenvalue weighted by Crippen LogP contribution is 2.34. The number of nitrogens with zero attached hydrogens (tertiary/aromatic N) is 2. The number of imidazole rings is 1.